The molecule has 0 fully saturated rings. The molecular formula is C6H2ClF2IN2O2. The second kappa shape index (κ2) is 4.30. The van der Waals surface area contributed by atoms with Crippen LogP contribution in [0.15, 0.2) is 6.20 Å². The van der Waals surface area contributed by atoms with Crippen LogP contribution in [0.5, 0.6) is 0 Å². The SMILES string of the molecule is O=[N+]([O-])c1c(I)ncc(C(F)F)c1Cl. The molecule has 0 N–H and O–H groups in total. The highest BCUT2D eigenvalue weighted by molar-refractivity contribution is 14.1. The van der Waals surface area contributed by atoms with Gasteiger partial charge in [0.05, 0.1) is 10.5 Å². The van der Waals surface area contributed by atoms with Crippen LogP contribution in [0.2, 0.25) is 5.02 Å². The van der Waals surface area contributed by atoms with Crippen LogP contribution in [0.1, 0.15) is 12.0 Å². The summed E-state index contributed by atoms with van der Waals surface area (Å²) in [5.41, 5.74) is -1.20. The molecule has 76 valence electrons. The van der Waals surface area contributed by atoms with Crippen LogP contribution in [-0.4, -0.2) is 9.91 Å². The third-order valence-corrected chi connectivity index (χ3v) is 2.58. The predicted octanol–water partition coefficient (Wildman–Crippen LogP) is 3.19. The van der Waals surface area contributed by atoms with Crippen molar-refractivity contribution in [3.8, 4) is 0 Å². The zero-order chi connectivity index (χ0) is 10.9. The molecule has 0 aliphatic heterocycles. The van der Waals surface area contributed by atoms with Crippen molar-refractivity contribution in [2.75, 3.05) is 0 Å². The molecule has 0 aliphatic carbocycles. The van der Waals surface area contributed by atoms with Gasteiger partial charge in [-0.1, -0.05) is 11.6 Å². The maximum Gasteiger partial charge on any atom is 0.319 e. The van der Waals surface area contributed by atoms with E-state index in [2.05, 4.69) is 4.98 Å². The van der Waals surface area contributed by atoms with Gasteiger partial charge in [0.1, 0.15) is 5.02 Å². The summed E-state index contributed by atoms with van der Waals surface area (Å²) in [5.74, 6) is 0. The summed E-state index contributed by atoms with van der Waals surface area (Å²) >= 11 is 7.00. The zero-order valence-corrected chi connectivity index (χ0v) is 9.29. The van der Waals surface area contributed by atoms with Crippen molar-refractivity contribution < 1.29 is 13.7 Å². The van der Waals surface area contributed by atoms with E-state index in [4.69, 9.17) is 11.6 Å². The van der Waals surface area contributed by atoms with Crippen LogP contribution in [-0.2, 0) is 0 Å². The van der Waals surface area contributed by atoms with Crippen LogP contribution >= 0.6 is 34.2 Å². The van der Waals surface area contributed by atoms with Crippen molar-refractivity contribution in [3.63, 3.8) is 0 Å². The van der Waals surface area contributed by atoms with Gasteiger partial charge in [-0.05, 0) is 22.6 Å². The van der Waals surface area contributed by atoms with Crippen LogP contribution in [0.25, 0.3) is 0 Å². The van der Waals surface area contributed by atoms with Crippen molar-refractivity contribution in [3.05, 3.63) is 30.6 Å². The number of hydrogen-bond acceptors (Lipinski definition) is 3. The van der Waals surface area contributed by atoms with E-state index in [9.17, 15) is 18.9 Å². The van der Waals surface area contributed by atoms with E-state index < -0.39 is 27.6 Å². The Labute approximate surface area is 95.6 Å². The van der Waals surface area contributed by atoms with Crippen molar-refractivity contribution in [2.24, 2.45) is 0 Å². The highest BCUT2D eigenvalue weighted by atomic mass is 127. The lowest BCUT2D eigenvalue weighted by Crippen LogP contribution is -1.99. The minimum Gasteiger partial charge on any atom is -0.258 e. The summed E-state index contributed by atoms with van der Waals surface area (Å²) < 4.78 is 24.5. The van der Waals surface area contributed by atoms with E-state index in [1.807, 2.05) is 0 Å². The van der Waals surface area contributed by atoms with E-state index in [0.717, 1.165) is 6.20 Å². The van der Waals surface area contributed by atoms with Crippen molar-refractivity contribution in [2.45, 2.75) is 6.43 Å². The number of nitrogens with zero attached hydrogens (tertiary/aromatic N) is 2. The molecule has 4 nitrogen and oxygen atoms in total. The Hall–Kier alpha value is -0.570. The lowest BCUT2D eigenvalue weighted by atomic mass is 10.3. The third-order valence-electron chi connectivity index (χ3n) is 1.39. The quantitative estimate of drug-likeness (QED) is 0.361. The molecule has 1 aromatic heterocycles. The van der Waals surface area contributed by atoms with Gasteiger partial charge in [0.25, 0.3) is 6.43 Å². The summed E-state index contributed by atoms with van der Waals surface area (Å²) in [5, 5.41) is 9.90. The van der Waals surface area contributed by atoms with Gasteiger partial charge in [0.15, 0.2) is 3.70 Å². The van der Waals surface area contributed by atoms with Crippen molar-refractivity contribution in [1.82, 2.24) is 4.98 Å². The Morgan fingerprint density at radius 1 is 1.64 bits per heavy atom. The third kappa shape index (κ3) is 2.08. The Bertz CT molecular complexity index is 388. The highest BCUT2D eigenvalue weighted by Gasteiger charge is 2.25. The average molecular weight is 334 g/mol. The van der Waals surface area contributed by atoms with E-state index in [0.29, 0.717) is 0 Å². The fourth-order valence-electron chi connectivity index (χ4n) is 0.779. The molecule has 8 heteroatoms. The van der Waals surface area contributed by atoms with E-state index in [-0.39, 0.29) is 3.70 Å². The first-order valence-electron chi connectivity index (χ1n) is 3.21. The molecule has 0 aliphatic rings. The molecule has 0 spiro atoms. The Morgan fingerprint density at radius 3 is 2.64 bits per heavy atom. The molecule has 1 rings (SSSR count). The summed E-state index contributed by atoms with van der Waals surface area (Å²) in [6.07, 6.45) is -2.03. The van der Waals surface area contributed by atoms with Gasteiger partial charge in [0, 0.05) is 6.20 Å². The number of nitro groups is 1. The van der Waals surface area contributed by atoms with E-state index in [1.54, 1.807) is 22.6 Å². The van der Waals surface area contributed by atoms with Crippen LogP contribution in [0, 0.1) is 13.8 Å². The predicted molar refractivity (Wildman–Crippen MR) is 53.6 cm³/mol. The fourth-order valence-corrected chi connectivity index (χ4v) is 1.83. The first kappa shape index (κ1) is 11.5. The molecule has 0 amide bonds. The van der Waals surface area contributed by atoms with Crippen molar-refractivity contribution >= 4 is 39.9 Å². The number of rotatable bonds is 2. The Balaban J connectivity index is 3.41. The molecule has 0 atom stereocenters. The van der Waals surface area contributed by atoms with Gasteiger partial charge in [-0.2, -0.15) is 0 Å². The number of alkyl halides is 2. The standard InChI is InChI=1S/C6H2ClF2IN2O2/c7-3-2(5(8)9)1-11-6(10)4(3)12(13)14/h1,5H. The lowest BCUT2D eigenvalue weighted by molar-refractivity contribution is -0.386. The van der Waals surface area contributed by atoms with Gasteiger partial charge in [-0.3, -0.25) is 10.1 Å². The van der Waals surface area contributed by atoms with E-state index in [1.165, 1.54) is 0 Å². The monoisotopic (exact) mass is 334 g/mol. The summed E-state index contributed by atoms with van der Waals surface area (Å²) in [7, 11) is 0. The average Bonchev–Trinajstić information content (AvgIpc) is 2.02. The van der Waals surface area contributed by atoms with E-state index >= 15 is 0 Å². The molecule has 0 bridgehead atoms. The molecule has 0 radical (unpaired) electrons. The topological polar surface area (TPSA) is 56.0 Å². The molecule has 1 aromatic rings. The van der Waals surface area contributed by atoms with Crippen LogP contribution in [0.4, 0.5) is 14.5 Å². The number of hydrogen-bond donors (Lipinski definition) is 0. The molecular weight excluding hydrogens is 332 g/mol. The second-order valence-electron chi connectivity index (χ2n) is 2.22. The van der Waals surface area contributed by atoms with Gasteiger partial charge < -0.3 is 0 Å². The molecule has 0 unspecified atom stereocenters. The first-order valence-corrected chi connectivity index (χ1v) is 4.67. The normalized spacial score (nSPS) is 10.6. The minimum atomic E-state index is -2.87. The van der Waals surface area contributed by atoms with Crippen LogP contribution in [0.3, 0.4) is 0 Å². The van der Waals surface area contributed by atoms with Crippen molar-refractivity contribution in [1.29, 1.82) is 0 Å². The second-order valence-corrected chi connectivity index (χ2v) is 3.62. The van der Waals surface area contributed by atoms with Gasteiger partial charge in [0.2, 0.25) is 0 Å². The molecule has 0 saturated heterocycles. The number of aromatic nitrogens is 1. The highest BCUT2D eigenvalue weighted by Crippen LogP contribution is 2.35. The molecule has 14 heavy (non-hydrogen) atoms. The lowest BCUT2D eigenvalue weighted by Gasteiger charge is -2.03. The molecule has 0 saturated carbocycles. The minimum absolute atomic E-state index is 0.0120. The van der Waals surface area contributed by atoms with Crippen LogP contribution < -0.4 is 0 Å². The van der Waals surface area contributed by atoms with Gasteiger partial charge in [-0.25, -0.2) is 13.8 Å². The summed E-state index contributed by atoms with van der Waals surface area (Å²) in [6, 6.07) is 0. The summed E-state index contributed by atoms with van der Waals surface area (Å²) in [6.45, 7) is 0. The largest absolute Gasteiger partial charge is 0.319 e. The number of halogens is 4. The molecule has 0 aromatic carbocycles. The maximum absolute atomic E-state index is 12.3. The Morgan fingerprint density at radius 2 is 2.21 bits per heavy atom. The zero-order valence-electron chi connectivity index (χ0n) is 6.38. The Kier molecular flexibility index (Phi) is 3.53. The first-order chi connectivity index (χ1) is 6.45. The molecule has 1 heterocycles. The van der Waals surface area contributed by atoms with Gasteiger partial charge >= 0.3 is 5.69 Å². The van der Waals surface area contributed by atoms with Gasteiger partial charge in [-0.15, -0.1) is 0 Å². The maximum atomic E-state index is 12.3. The fraction of sp³-hybridized carbons (Fsp3) is 0.167. The number of pyridine rings is 1. The smallest absolute Gasteiger partial charge is 0.258 e. The summed E-state index contributed by atoms with van der Waals surface area (Å²) in [4.78, 5) is 13.1.